The second-order valence-corrected chi connectivity index (χ2v) is 8.96. The monoisotopic (exact) mass is 448 g/mol. The molecule has 3 aromatic carbocycles. The molecule has 0 saturated heterocycles. The highest BCUT2D eigenvalue weighted by atomic mass is 35.5. The Balaban J connectivity index is 1.94. The molecule has 1 N–H and O–H groups in total. The molecular formula is C21H18Cl2N2O3S. The van der Waals surface area contributed by atoms with E-state index in [1.165, 1.54) is 12.1 Å². The lowest BCUT2D eigenvalue weighted by molar-refractivity contribution is -0.114. The van der Waals surface area contributed by atoms with E-state index in [2.05, 4.69) is 5.32 Å². The molecule has 0 fully saturated rings. The van der Waals surface area contributed by atoms with Gasteiger partial charge in [-0.15, -0.1) is 0 Å². The number of nitrogens with one attached hydrogen (secondary N) is 1. The second-order valence-electron chi connectivity index (χ2n) is 6.29. The topological polar surface area (TPSA) is 66.5 Å². The first-order chi connectivity index (χ1) is 13.8. The zero-order chi connectivity index (χ0) is 21.0. The van der Waals surface area contributed by atoms with Crippen LogP contribution in [0.4, 0.5) is 11.4 Å². The Morgan fingerprint density at radius 2 is 1.59 bits per heavy atom. The number of carbonyl (C=O) groups is 1. The predicted molar refractivity (Wildman–Crippen MR) is 117 cm³/mol. The molecule has 0 aromatic heterocycles. The van der Waals surface area contributed by atoms with Crippen molar-refractivity contribution in [3.05, 3.63) is 88.4 Å². The molecule has 0 spiro atoms. The number of carbonyl (C=O) groups excluding carboxylic acids is 1. The van der Waals surface area contributed by atoms with Crippen LogP contribution in [0.1, 0.15) is 5.56 Å². The van der Waals surface area contributed by atoms with Gasteiger partial charge in [0, 0.05) is 10.7 Å². The fourth-order valence-corrected chi connectivity index (χ4v) is 4.60. The van der Waals surface area contributed by atoms with E-state index >= 15 is 0 Å². The number of hydrogen-bond donors (Lipinski definition) is 1. The van der Waals surface area contributed by atoms with Gasteiger partial charge >= 0.3 is 0 Å². The lowest BCUT2D eigenvalue weighted by Crippen LogP contribution is -2.38. The van der Waals surface area contributed by atoms with E-state index in [4.69, 9.17) is 23.2 Å². The Morgan fingerprint density at radius 3 is 2.24 bits per heavy atom. The Kier molecular flexibility index (Phi) is 6.47. The van der Waals surface area contributed by atoms with Crippen LogP contribution >= 0.6 is 23.2 Å². The SMILES string of the molecule is Cc1ccc(NC(=O)CN(c2ccccc2Cl)S(=O)(=O)c2ccccc2)cc1Cl. The number of benzene rings is 3. The van der Waals surface area contributed by atoms with Crippen LogP contribution in [0.2, 0.25) is 10.0 Å². The van der Waals surface area contributed by atoms with Gasteiger partial charge in [0.25, 0.3) is 10.0 Å². The standard InChI is InChI=1S/C21H18Cl2N2O3S/c1-15-11-12-16(13-19(15)23)24-21(26)14-25(20-10-6-5-9-18(20)22)29(27,28)17-7-3-2-4-8-17/h2-13H,14H2,1H3,(H,24,26). The molecule has 5 nitrogen and oxygen atoms in total. The number of rotatable bonds is 6. The molecular weight excluding hydrogens is 431 g/mol. The average Bonchev–Trinajstić information content (AvgIpc) is 2.70. The van der Waals surface area contributed by atoms with Crippen molar-refractivity contribution in [2.24, 2.45) is 0 Å². The zero-order valence-electron chi connectivity index (χ0n) is 15.5. The highest BCUT2D eigenvalue weighted by Crippen LogP contribution is 2.30. The zero-order valence-corrected chi connectivity index (χ0v) is 17.8. The van der Waals surface area contributed by atoms with E-state index in [9.17, 15) is 13.2 Å². The smallest absolute Gasteiger partial charge is 0.264 e. The van der Waals surface area contributed by atoms with Crippen LogP contribution in [0.25, 0.3) is 0 Å². The van der Waals surface area contributed by atoms with Crippen LogP contribution < -0.4 is 9.62 Å². The molecule has 29 heavy (non-hydrogen) atoms. The Hall–Kier alpha value is -2.54. The van der Waals surface area contributed by atoms with Gasteiger partial charge in [-0.3, -0.25) is 9.10 Å². The van der Waals surface area contributed by atoms with Crippen molar-refractivity contribution >= 4 is 50.5 Å². The third-order valence-electron chi connectivity index (χ3n) is 4.20. The van der Waals surface area contributed by atoms with Crippen molar-refractivity contribution in [1.29, 1.82) is 0 Å². The molecule has 0 aliphatic heterocycles. The molecule has 8 heteroatoms. The molecule has 0 radical (unpaired) electrons. The van der Waals surface area contributed by atoms with Gasteiger partial charge in [0.2, 0.25) is 5.91 Å². The molecule has 0 bridgehead atoms. The highest BCUT2D eigenvalue weighted by molar-refractivity contribution is 7.92. The minimum atomic E-state index is -4.02. The number of amides is 1. The molecule has 0 unspecified atom stereocenters. The summed E-state index contributed by atoms with van der Waals surface area (Å²) < 4.78 is 27.5. The summed E-state index contributed by atoms with van der Waals surface area (Å²) in [7, 11) is -4.02. The molecule has 0 aliphatic carbocycles. The van der Waals surface area contributed by atoms with Crippen molar-refractivity contribution < 1.29 is 13.2 Å². The summed E-state index contributed by atoms with van der Waals surface area (Å²) in [6.45, 7) is 1.39. The van der Waals surface area contributed by atoms with E-state index in [0.717, 1.165) is 9.87 Å². The van der Waals surface area contributed by atoms with Gasteiger partial charge < -0.3 is 5.32 Å². The van der Waals surface area contributed by atoms with E-state index < -0.39 is 22.5 Å². The fraction of sp³-hybridized carbons (Fsp3) is 0.0952. The Morgan fingerprint density at radius 1 is 0.931 bits per heavy atom. The van der Waals surface area contributed by atoms with Crippen LogP contribution in [-0.4, -0.2) is 20.9 Å². The van der Waals surface area contributed by atoms with Crippen LogP contribution in [0.5, 0.6) is 0 Å². The van der Waals surface area contributed by atoms with Crippen molar-refractivity contribution in [2.75, 3.05) is 16.2 Å². The summed E-state index contributed by atoms with van der Waals surface area (Å²) in [5, 5.41) is 3.40. The average molecular weight is 449 g/mol. The number of halogens is 2. The molecule has 3 aromatic rings. The van der Waals surface area contributed by atoms with Crippen molar-refractivity contribution in [2.45, 2.75) is 11.8 Å². The first-order valence-electron chi connectivity index (χ1n) is 8.67. The van der Waals surface area contributed by atoms with Crippen LogP contribution in [0.3, 0.4) is 0 Å². The van der Waals surface area contributed by atoms with Gasteiger partial charge in [-0.05, 0) is 48.9 Å². The van der Waals surface area contributed by atoms with Gasteiger partial charge in [-0.1, -0.05) is 59.6 Å². The minimum absolute atomic E-state index is 0.0612. The summed E-state index contributed by atoms with van der Waals surface area (Å²) in [6, 6.07) is 19.4. The number of anilines is 2. The Bertz CT molecular complexity index is 1140. The predicted octanol–water partition coefficient (Wildman–Crippen LogP) is 5.14. The fourth-order valence-electron chi connectivity index (χ4n) is 2.67. The quantitative estimate of drug-likeness (QED) is 0.567. The summed E-state index contributed by atoms with van der Waals surface area (Å²) in [6.07, 6.45) is 0. The normalized spacial score (nSPS) is 11.1. The lowest BCUT2D eigenvalue weighted by Gasteiger charge is -2.25. The number of aryl methyl sites for hydroxylation is 1. The molecule has 150 valence electrons. The van der Waals surface area contributed by atoms with E-state index in [1.807, 2.05) is 6.92 Å². The van der Waals surface area contributed by atoms with Crippen molar-refractivity contribution in [3.63, 3.8) is 0 Å². The third-order valence-corrected chi connectivity index (χ3v) is 6.70. The van der Waals surface area contributed by atoms with Gasteiger partial charge in [0.15, 0.2) is 0 Å². The largest absolute Gasteiger partial charge is 0.324 e. The molecule has 0 saturated carbocycles. The van der Waals surface area contributed by atoms with Crippen LogP contribution in [0.15, 0.2) is 77.7 Å². The van der Waals surface area contributed by atoms with Crippen molar-refractivity contribution in [3.8, 4) is 0 Å². The van der Waals surface area contributed by atoms with Gasteiger partial charge in [-0.25, -0.2) is 8.42 Å². The first kappa shape index (κ1) is 21.2. The summed E-state index contributed by atoms with van der Waals surface area (Å²) in [5.41, 5.74) is 1.56. The van der Waals surface area contributed by atoms with Gasteiger partial charge in [0.1, 0.15) is 6.54 Å². The number of sulfonamides is 1. The highest BCUT2D eigenvalue weighted by Gasteiger charge is 2.28. The van der Waals surface area contributed by atoms with E-state index in [1.54, 1.807) is 60.7 Å². The molecule has 0 heterocycles. The number of hydrogen-bond acceptors (Lipinski definition) is 3. The van der Waals surface area contributed by atoms with Crippen molar-refractivity contribution in [1.82, 2.24) is 0 Å². The first-order valence-corrected chi connectivity index (χ1v) is 10.9. The molecule has 0 atom stereocenters. The Labute approximate surface area is 179 Å². The number of para-hydroxylation sites is 1. The minimum Gasteiger partial charge on any atom is -0.324 e. The third kappa shape index (κ3) is 4.90. The summed E-state index contributed by atoms with van der Waals surface area (Å²) >= 11 is 12.3. The summed E-state index contributed by atoms with van der Waals surface area (Å²) in [5.74, 6) is -0.524. The van der Waals surface area contributed by atoms with E-state index in [-0.39, 0.29) is 15.6 Å². The van der Waals surface area contributed by atoms with E-state index in [0.29, 0.717) is 10.7 Å². The maximum absolute atomic E-state index is 13.2. The maximum Gasteiger partial charge on any atom is 0.264 e. The molecule has 3 rings (SSSR count). The molecule has 0 aliphatic rings. The molecule has 1 amide bonds. The maximum atomic E-state index is 13.2. The second kappa shape index (κ2) is 8.86. The number of nitrogens with zero attached hydrogens (tertiary/aromatic N) is 1. The lowest BCUT2D eigenvalue weighted by atomic mass is 10.2. The summed E-state index contributed by atoms with van der Waals surface area (Å²) in [4.78, 5) is 12.7. The van der Waals surface area contributed by atoms with Crippen LogP contribution in [0, 0.1) is 6.92 Å². The van der Waals surface area contributed by atoms with Gasteiger partial charge in [0.05, 0.1) is 15.6 Å². The van der Waals surface area contributed by atoms with Crippen LogP contribution in [-0.2, 0) is 14.8 Å². The van der Waals surface area contributed by atoms with Gasteiger partial charge in [-0.2, -0.15) is 0 Å².